The summed E-state index contributed by atoms with van der Waals surface area (Å²) in [5.41, 5.74) is -2.87. The number of benzene rings is 1. The molecule has 29 heavy (non-hydrogen) atoms. The molecule has 2 fully saturated rings. The van der Waals surface area contributed by atoms with Gasteiger partial charge in [-0.05, 0) is 39.8 Å². The van der Waals surface area contributed by atoms with E-state index in [1.807, 2.05) is 6.07 Å². The summed E-state index contributed by atoms with van der Waals surface area (Å²) in [4.78, 5) is 38.8. The molecule has 0 radical (unpaired) electrons. The lowest BCUT2D eigenvalue weighted by Crippen LogP contribution is -2.83. The summed E-state index contributed by atoms with van der Waals surface area (Å²) in [5.74, 6) is -0.784. The second-order valence-electron chi connectivity index (χ2n) is 8.13. The SMILES string of the molecule is CC1SC[C@H]2[C@@H](NC(=O)COc3ccccc3)C(=O)N2C1(O)C(=O)OC(C)(C)C. The number of carbonyl (C=O) groups excluding carboxylic acids is 3. The molecule has 4 atom stereocenters. The van der Waals surface area contributed by atoms with Crippen LogP contribution in [0, 0.1) is 0 Å². The number of nitrogens with one attached hydrogen (secondary N) is 1. The van der Waals surface area contributed by atoms with E-state index in [2.05, 4.69) is 5.32 Å². The van der Waals surface area contributed by atoms with Gasteiger partial charge in [0.2, 0.25) is 5.91 Å². The first-order valence-corrected chi connectivity index (χ1v) is 10.5. The van der Waals surface area contributed by atoms with E-state index in [0.717, 1.165) is 4.90 Å². The van der Waals surface area contributed by atoms with E-state index in [0.29, 0.717) is 11.5 Å². The summed E-state index contributed by atoms with van der Waals surface area (Å²) < 4.78 is 10.7. The number of hydrogen-bond acceptors (Lipinski definition) is 7. The van der Waals surface area contributed by atoms with E-state index in [1.54, 1.807) is 52.0 Å². The van der Waals surface area contributed by atoms with Crippen molar-refractivity contribution in [1.82, 2.24) is 10.2 Å². The van der Waals surface area contributed by atoms with Crippen LogP contribution in [-0.2, 0) is 19.1 Å². The minimum absolute atomic E-state index is 0.236. The van der Waals surface area contributed by atoms with E-state index in [9.17, 15) is 19.5 Å². The minimum Gasteiger partial charge on any atom is -0.484 e. The third kappa shape index (κ3) is 4.20. The number of para-hydroxylation sites is 1. The summed E-state index contributed by atoms with van der Waals surface area (Å²) in [5, 5.41) is 13.2. The van der Waals surface area contributed by atoms with Crippen LogP contribution in [0.1, 0.15) is 27.7 Å². The average Bonchev–Trinajstić information content (AvgIpc) is 2.65. The number of rotatable bonds is 5. The van der Waals surface area contributed by atoms with E-state index in [4.69, 9.17) is 9.47 Å². The first-order chi connectivity index (χ1) is 13.5. The summed E-state index contributed by atoms with van der Waals surface area (Å²) in [6, 6.07) is 7.56. The van der Waals surface area contributed by atoms with Crippen molar-refractivity contribution in [2.24, 2.45) is 0 Å². The molecule has 158 valence electrons. The van der Waals surface area contributed by atoms with Crippen molar-refractivity contribution in [1.29, 1.82) is 0 Å². The molecule has 2 unspecified atom stereocenters. The summed E-state index contributed by atoms with van der Waals surface area (Å²) in [7, 11) is 0. The van der Waals surface area contributed by atoms with Gasteiger partial charge in [-0.2, -0.15) is 11.8 Å². The standard InChI is InChI=1S/C20H26N2O6S/c1-12-20(26,18(25)28-19(2,3)4)22-14(11-29-12)16(17(22)24)21-15(23)10-27-13-8-6-5-7-9-13/h5-9,12,14,16,26H,10-11H2,1-4H3,(H,21,23)/t12?,14-,16+,20?/m0/s1. The molecule has 0 aromatic heterocycles. The molecule has 3 rings (SSSR count). The maximum Gasteiger partial charge on any atom is 0.361 e. The molecule has 0 spiro atoms. The Kier molecular flexibility index (Phi) is 5.82. The predicted octanol–water partition coefficient (Wildman–Crippen LogP) is 0.927. The Bertz CT molecular complexity index is 796. The Balaban J connectivity index is 1.65. The number of aliphatic hydroxyl groups is 1. The molecule has 2 saturated heterocycles. The fraction of sp³-hybridized carbons (Fsp3) is 0.550. The Morgan fingerprint density at radius 1 is 1.31 bits per heavy atom. The molecule has 0 bridgehead atoms. The van der Waals surface area contributed by atoms with Gasteiger partial charge in [0.15, 0.2) is 6.61 Å². The zero-order valence-corrected chi connectivity index (χ0v) is 17.7. The normalized spacial score (nSPS) is 28.8. The molecular formula is C20H26N2O6S. The number of fused-ring (bicyclic) bond motifs is 1. The zero-order valence-electron chi connectivity index (χ0n) is 16.9. The Hall–Kier alpha value is -2.26. The summed E-state index contributed by atoms with van der Waals surface area (Å²) in [6.45, 7) is 6.53. The molecule has 2 amide bonds. The largest absolute Gasteiger partial charge is 0.484 e. The zero-order chi connectivity index (χ0) is 21.4. The van der Waals surface area contributed by atoms with Gasteiger partial charge in [-0.1, -0.05) is 18.2 Å². The Morgan fingerprint density at radius 3 is 2.59 bits per heavy atom. The van der Waals surface area contributed by atoms with Crippen LogP contribution in [0.2, 0.25) is 0 Å². The highest BCUT2D eigenvalue weighted by molar-refractivity contribution is 8.00. The van der Waals surface area contributed by atoms with Gasteiger partial charge >= 0.3 is 5.97 Å². The second kappa shape index (κ2) is 7.87. The number of esters is 1. The fourth-order valence-electron chi connectivity index (χ4n) is 3.35. The third-order valence-electron chi connectivity index (χ3n) is 4.80. The lowest BCUT2D eigenvalue weighted by Gasteiger charge is -2.58. The van der Waals surface area contributed by atoms with Crippen molar-refractivity contribution in [3.63, 3.8) is 0 Å². The molecule has 2 aliphatic heterocycles. The highest BCUT2D eigenvalue weighted by Crippen LogP contribution is 2.43. The predicted molar refractivity (Wildman–Crippen MR) is 107 cm³/mol. The van der Waals surface area contributed by atoms with Crippen molar-refractivity contribution < 1.29 is 29.0 Å². The van der Waals surface area contributed by atoms with Crippen LogP contribution in [0.3, 0.4) is 0 Å². The number of carbonyl (C=O) groups is 3. The molecule has 9 heteroatoms. The van der Waals surface area contributed by atoms with Gasteiger partial charge in [0.1, 0.15) is 17.4 Å². The van der Waals surface area contributed by atoms with Crippen molar-refractivity contribution in [2.75, 3.05) is 12.4 Å². The molecule has 1 aromatic carbocycles. The quantitative estimate of drug-likeness (QED) is 0.537. The highest BCUT2D eigenvalue weighted by atomic mass is 32.2. The van der Waals surface area contributed by atoms with Crippen LogP contribution in [0.25, 0.3) is 0 Å². The molecule has 1 aromatic rings. The van der Waals surface area contributed by atoms with Gasteiger partial charge in [-0.25, -0.2) is 4.79 Å². The van der Waals surface area contributed by atoms with E-state index in [-0.39, 0.29) is 6.61 Å². The lowest BCUT2D eigenvalue weighted by molar-refractivity contribution is -0.221. The van der Waals surface area contributed by atoms with Gasteiger partial charge in [0.25, 0.3) is 11.6 Å². The fourth-order valence-corrected chi connectivity index (χ4v) is 4.62. The highest BCUT2D eigenvalue weighted by Gasteiger charge is 2.65. The van der Waals surface area contributed by atoms with Gasteiger partial charge in [0.05, 0.1) is 11.3 Å². The molecule has 0 saturated carbocycles. The van der Waals surface area contributed by atoms with Crippen LogP contribution in [0.4, 0.5) is 0 Å². The van der Waals surface area contributed by atoms with Crippen molar-refractivity contribution in [3.8, 4) is 5.75 Å². The number of β-lactam (4-membered cyclic amide) rings is 1. The van der Waals surface area contributed by atoms with Crippen LogP contribution < -0.4 is 10.1 Å². The summed E-state index contributed by atoms with van der Waals surface area (Å²) >= 11 is 1.36. The van der Waals surface area contributed by atoms with Crippen molar-refractivity contribution >= 4 is 29.5 Å². The van der Waals surface area contributed by atoms with Gasteiger partial charge in [-0.3, -0.25) is 14.5 Å². The van der Waals surface area contributed by atoms with Crippen LogP contribution >= 0.6 is 11.8 Å². The van der Waals surface area contributed by atoms with E-state index >= 15 is 0 Å². The van der Waals surface area contributed by atoms with Gasteiger partial charge in [-0.15, -0.1) is 0 Å². The smallest absolute Gasteiger partial charge is 0.361 e. The molecular weight excluding hydrogens is 396 g/mol. The second-order valence-corrected chi connectivity index (χ2v) is 9.50. The average molecular weight is 423 g/mol. The van der Waals surface area contributed by atoms with Crippen molar-refractivity contribution in [3.05, 3.63) is 30.3 Å². The van der Waals surface area contributed by atoms with E-state index < -0.39 is 46.4 Å². The molecule has 2 N–H and O–H groups in total. The number of ether oxygens (including phenoxy) is 2. The maximum atomic E-state index is 12.7. The first kappa shape index (κ1) is 21.4. The van der Waals surface area contributed by atoms with Gasteiger partial charge < -0.3 is 19.9 Å². The first-order valence-electron chi connectivity index (χ1n) is 9.42. The molecule has 2 heterocycles. The Morgan fingerprint density at radius 2 is 1.97 bits per heavy atom. The number of amides is 2. The number of nitrogens with zero attached hydrogens (tertiary/aromatic N) is 1. The van der Waals surface area contributed by atoms with Crippen molar-refractivity contribution in [2.45, 2.75) is 56.4 Å². The molecule has 0 aliphatic carbocycles. The maximum absolute atomic E-state index is 12.7. The molecule has 2 aliphatic rings. The lowest BCUT2D eigenvalue weighted by atomic mass is 9.89. The summed E-state index contributed by atoms with van der Waals surface area (Å²) in [6.07, 6.45) is 0. The molecule has 8 nitrogen and oxygen atoms in total. The minimum atomic E-state index is -2.07. The topological polar surface area (TPSA) is 105 Å². The Labute approximate surface area is 173 Å². The van der Waals surface area contributed by atoms with Crippen LogP contribution in [-0.4, -0.2) is 68.8 Å². The number of hydrogen-bond donors (Lipinski definition) is 2. The number of thioether (sulfide) groups is 1. The third-order valence-corrected chi connectivity index (χ3v) is 6.16. The van der Waals surface area contributed by atoms with Gasteiger partial charge in [0, 0.05) is 5.75 Å². The van der Waals surface area contributed by atoms with Crippen LogP contribution in [0.15, 0.2) is 30.3 Å². The van der Waals surface area contributed by atoms with E-state index in [1.165, 1.54) is 11.8 Å². The monoisotopic (exact) mass is 422 g/mol. The van der Waals surface area contributed by atoms with Crippen LogP contribution in [0.5, 0.6) is 5.75 Å².